The molecule has 7 nitrogen and oxygen atoms in total. The summed E-state index contributed by atoms with van der Waals surface area (Å²) in [5.74, 6) is 1.15. The van der Waals surface area contributed by atoms with Gasteiger partial charge < -0.3 is 10.3 Å². The Morgan fingerprint density at radius 1 is 1.13 bits per heavy atom. The Kier molecular flexibility index (Phi) is 12.3. The van der Waals surface area contributed by atoms with E-state index in [0.717, 1.165) is 37.7 Å². The zero-order chi connectivity index (χ0) is 23.3. The molecule has 1 amide bonds. The van der Waals surface area contributed by atoms with Gasteiger partial charge in [-0.1, -0.05) is 34.9 Å². The second-order valence-corrected chi connectivity index (χ2v) is 10.7. The molecule has 1 unspecified atom stereocenters. The van der Waals surface area contributed by atoms with Gasteiger partial charge >= 0.3 is 0 Å². The highest BCUT2D eigenvalue weighted by Crippen LogP contribution is 2.14. The van der Waals surface area contributed by atoms with Crippen molar-refractivity contribution in [2.24, 2.45) is 0 Å². The Labute approximate surface area is 191 Å². The minimum Gasteiger partial charge on any atom is -0.358 e. The molecule has 1 heterocycles. The van der Waals surface area contributed by atoms with Gasteiger partial charge in [-0.3, -0.25) is 9.52 Å². The topological polar surface area (TPSA) is 104 Å². The Bertz CT molecular complexity index is 869. The SMILES string of the molecule is CC(C)=CCCC(C)=CCCC(C)=CCSCC(Nc1cnc[nH]1)C(=O)NS(C)(=O)=O. The molecule has 0 fully saturated rings. The first-order valence-electron chi connectivity index (χ1n) is 10.4. The lowest BCUT2D eigenvalue weighted by atomic mass is 10.1. The van der Waals surface area contributed by atoms with Gasteiger partial charge in [0, 0.05) is 11.5 Å². The molecule has 0 aromatic carbocycles. The Balaban J connectivity index is 2.46. The number of sulfonamides is 1. The van der Waals surface area contributed by atoms with Gasteiger partial charge in [0.25, 0.3) is 5.91 Å². The molecule has 0 radical (unpaired) electrons. The molecule has 1 rings (SSSR count). The number of aromatic nitrogens is 2. The van der Waals surface area contributed by atoms with E-state index < -0.39 is 22.0 Å². The van der Waals surface area contributed by atoms with Gasteiger partial charge in [0.15, 0.2) is 0 Å². The molecular formula is C22H36N4O3S2. The lowest BCUT2D eigenvalue weighted by Gasteiger charge is -2.17. The smallest absolute Gasteiger partial charge is 0.256 e. The first-order valence-corrected chi connectivity index (χ1v) is 13.4. The number of carbonyl (C=O) groups excluding carboxylic acids is 1. The van der Waals surface area contributed by atoms with E-state index >= 15 is 0 Å². The fraction of sp³-hybridized carbons (Fsp3) is 0.545. The number of aromatic amines is 1. The van der Waals surface area contributed by atoms with Crippen LogP contribution in [0.15, 0.2) is 47.5 Å². The van der Waals surface area contributed by atoms with Crippen molar-refractivity contribution in [1.82, 2.24) is 14.7 Å². The third-order valence-electron chi connectivity index (χ3n) is 4.39. The molecule has 0 bridgehead atoms. The summed E-state index contributed by atoms with van der Waals surface area (Å²) in [7, 11) is -3.61. The number of allylic oxidation sites excluding steroid dienone is 5. The normalized spacial score (nSPS) is 13.6. The fourth-order valence-electron chi connectivity index (χ4n) is 2.69. The van der Waals surface area contributed by atoms with Crippen molar-refractivity contribution >= 4 is 33.5 Å². The van der Waals surface area contributed by atoms with Crippen LogP contribution < -0.4 is 10.0 Å². The maximum Gasteiger partial charge on any atom is 0.256 e. The highest BCUT2D eigenvalue weighted by molar-refractivity contribution is 7.99. The van der Waals surface area contributed by atoms with Crippen LogP contribution in [0.1, 0.15) is 53.4 Å². The Hall–Kier alpha value is -2.00. The summed E-state index contributed by atoms with van der Waals surface area (Å²) in [6.07, 6.45) is 15.0. The molecule has 0 saturated carbocycles. The number of thioether (sulfide) groups is 1. The summed E-state index contributed by atoms with van der Waals surface area (Å²) in [6.45, 7) is 8.55. The van der Waals surface area contributed by atoms with E-state index in [2.05, 4.69) is 61.2 Å². The average Bonchev–Trinajstić information content (AvgIpc) is 3.15. The molecule has 0 aliphatic heterocycles. The number of hydrogen-bond donors (Lipinski definition) is 3. The second kappa shape index (κ2) is 14.1. The number of imidazole rings is 1. The van der Waals surface area contributed by atoms with Crippen molar-refractivity contribution in [3.63, 3.8) is 0 Å². The number of carbonyl (C=O) groups is 1. The number of rotatable bonds is 14. The van der Waals surface area contributed by atoms with Crippen molar-refractivity contribution in [2.75, 3.05) is 23.1 Å². The van der Waals surface area contributed by atoms with Crippen LogP contribution in [0.5, 0.6) is 0 Å². The Morgan fingerprint density at radius 2 is 1.77 bits per heavy atom. The molecule has 3 N–H and O–H groups in total. The number of H-pyrrole nitrogens is 1. The molecule has 0 spiro atoms. The maximum atomic E-state index is 12.3. The number of nitrogens with one attached hydrogen (secondary N) is 3. The van der Waals surface area contributed by atoms with Crippen LogP contribution in [0.25, 0.3) is 0 Å². The van der Waals surface area contributed by atoms with Crippen molar-refractivity contribution in [1.29, 1.82) is 0 Å². The molecule has 1 atom stereocenters. The molecule has 1 aromatic rings. The highest BCUT2D eigenvalue weighted by atomic mass is 32.2. The number of nitrogens with zero attached hydrogens (tertiary/aromatic N) is 1. The van der Waals surface area contributed by atoms with E-state index in [-0.39, 0.29) is 0 Å². The van der Waals surface area contributed by atoms with Crippen molar-refractivity contribution < 1.29 is 13.2 Å². The zero-order valence-electron chi connectivity index (χ0n) is 19.2. The zero-order valence-corrected chi connectivity index (χ0v) is 20.8. The lowest BCUT2D eigenvalue weighted by molar-refractivity contribution is -0.119. The second-order valence-electron chi connectivity index (χ2n) is 7.90. The van der Waals surface area contributed by atoms with Gasteiger partial charge in [0.2, 0.25) is 10.0 Å². The van der Waals surface area contributed by atoms with Crippen LogP contribution in [-0.2, 0) is 14.8 Å². The van der Waals surface area contributed by atoms with Gasteiger partial charge in [-0.25, -0.2) is 13.4 Å². The molecule has 9 heteroatoms. The summed E-state index contributed by atoms with van der Waals surface area (Å²) >= 11 is 1.57. The number of hydrogen-bond acceptors (Lipinski definition) is 6. The first kappa shape index (κ1) is 27.0. The lowest BCUT2D eigenvalue weighted by Crippen LogP contribution is -2.43. The molecule has 0 aliphatic rings. The molecular weight excluding hydrogens is 432 g/mol. The summed E-state index contributed by atoms with van der Waals surface area (Å²) in [4.78, 5) is 19.1. The average molecular weight is 469 g/mol. The van der Waals surface area contributed by atoms with E-state index in [1.165, 1.54) is 23.0 Å². The summed E-state index contributed by atoms with van der Waals surface area (Å²) in [5.41, 5.74) is 4.09. The largest absolute Gasteiger partial charge is 0.358 e. The Morgan fingerprint density at radius 3 is 2.35 bits per heavy atom. The van der Waals surface area contributed by atoms with Crippen LogP contribution in [-0.4, -0.2) is 48.1 Å². The quantitative estimate of drug-likeness (QED) is 0.276. The van der Waals surface area contributed by atoms with Crippen molar-refractivity contribution in [3.05, 3.63) is 47.5 Å². The molecule has 0 aliphatic carbocycles. The van der Waals surface area contributed by atoms with E-state index in [9.17, 15) is 13.2 Å². The standard InChI is InChI=1S/C22H36N4O3S2/c1-17(2)8-6-9-18(3)10-7-11-19(4)12-13-30-15-20(22(27)26-31(5,28)29)25-21-14-23-16-24-21/h8,10,12,14,16,20,25H,6-7,9,11,13,15H2,1-5H3,(H,23,24)(H,26,27). The van der Waals surface area contributed by atoms with Crippen LogP contribution in [0.4, 0.5) is 5.82 Å². The number of amides is 1. The molecule has 0 saturated heterocycles. The van der Waals surface area contributed by atoms with Crippen LogP contribution in [0, 0.1) is 0 Å². The van der Waals surface area contributed by atoms with Gasteiger partial charge in [-0.2, -0.15) is 11.8 Å². The van der Waals surface area contributed by atoms with E-state index in [0.29, 0.717) is 11.6 Å². The van der Waals surface area contributed by atoms with Crippen molar-refractivity contribution in [3.8, 4) is 0 Å². The predicted octanol–water partition coefficient (Wildman–Crippen LogP) is 4.42. The van der Waals surface area contributed by atoms with Crippen molar-refractivity contribution in [2.45, 2.75) is 59.4 Å². The summed E-state index contributed by atoms with van der Waals surface area (Å²) in [6, 6.07) is -0.694. The van der Waals surface area contributed by atoms with Gasteiger partial charge in [-0.05, 0) is 53.4 Å². The van der Waals surface area contributed by atoms with Crippen LogP contribution in [0.3, 0.4) is 0 Å². The van der Waals surface area contributed by atoms with Crippen LogP contribution >= 0.6 is 11.8 Å². The first-order chi connectivity index (χ1) is 14.6. The van der Waals surface area contributed by atoms with E-state index in [1.807, 2.05) is 4.72 Å². The molecule has 174 valence electrons. The van der Waals surface area contributed by atoms with Gasteiger partial charge in [0.1, 0.15) is 11.9 Å². The summed E-state index contributed by atoms with van der Waals surface area (Å²) < 4.78 is 24.8. The van der Waals surface area contributed by atoms with E-state index in [1.54, 1.807) is 18.0 Å². The highest BCUT2D eigenvalue weighted by Gasteiger charge is 2.21. The van der Waals surface area contributed by atoms with Crippen LogP contribution in [0.2, 0.25) is 0 Å². The van der Waals surface area contributed by atoms with Gasteiger partial charge in [0.05, 0.1) is 18.8 Å². The molecule has 1 aromatic heterocycles. The minimum atomic E-state index is -3.61. The summed E-state index contributed by atoms with van der Waals surface area (Å²) in [5, 5.41) is 2.99. The maximum absolute atomic E-state index is 12.3. The predicted molar refractivity (Wildman–Crippen MR) is 132 cm³/mol. The third kappa shape index (κ3) is 13.8. The minimum absolute atomic E-state index is 0.424. The fourth-order valence-corrected chi connectivity index (χ4v) is 4.20. The molecule has 31 heavy (non-hydrogen) atoms. The van der Waals surface area contributed by atoms with E-state index in [4.69, 9.17) is 0 Å². The van der Waals surface area contributed by atoms with Gasteiger partial charge in [-0.15, -0.1) is 0 Å². The monoisotopic (exact) mass is 468 g/mol. The third-order valence-corrected chi connectivity index (χ3v) is 5.93. The number of anilines is 1.